The fourth-order valence-electron chi connectivity index (χ4n) is 3.41. The van der Waals surface area contributed by atoms with E-state index < -0.39 is 15.7 Å². The first kappa shape index (κ1) is 18.5. The maximum absolute atomic E-state index is 13.2. The van der Waals surface area contributed by atoms with Gasteiger partial charge >= 0.3 is 0 Å². The van der Waals surface area contributed by atoms with Gasteiger partial charge in [0.15, 0.2) is 4.91 Å². The number of carbonyl (C=O) groups excluding carboxylic acids is 1. The molecule has 0 bridgehead atoms. The zero-order valence-corrected chi connectivity index (χ0v) is 16.2. The molecule has 2 aromatic rings. The van der Waals surface area contributed by atoms with Gasteiger partial charge in [0.05, 0.1) is 36.6 Å². The fraction of sp³-hybridized carbons (Fsp3) is 0.250. The lowest BCUT2D eigenvalue weighted by molar-refractivity contribution is -0.130. The molecule has 0 saturated carbocycles. The Kier molecular flexibility index (Phi) is 4.82. The van der Waals surface area contributed by atoms with Crippen molar-refractivity contribution in [2.45, 2.75) is 4.90 Å². The number of anilines is 1. The number of para-hydroxylation sites is 2. The van der Waals surface area contributed by atoms with Crippen LogP contribution in [0.4, 0.5) is 5.69 Å². The van der Waals surface area contributed by atoms with Crippen LogP contribution in [-0.4, -0.2) is 52.6 Å². The first-order chi connectivity index (χ1) is 13.5. The summed E-state index contributed by atoms with van der Waals surface area (Å²) in [4.78, 5) is 14.6. The largest absolute Gasteiger partial charge is 0.495 e. The predicted octanol–water partition coefficient (Wildman–Crippen LogP) is 2.12. The Balaban J connectivity index is 1.86. The van der Waals surface area contributed by atoms with Crippen LogP contribution in [0.5, 0.6) is 5.75 Å². The molecule has 2 aliphatic rings. The number of rotatable bonds is 4. The Hall–Kier alpha value is -2.84. The Morgan fingerprint density at radius 3 is 2.50 bits per heavy atom. The summed E-state index contributed by atoms with van der Waals surface area (Å²) >= 11 is 0. The summed E-state index contributed by atoms with van der Waals surface area (Å²) in [5, 5.41) is 3.14. The number of morpholine rings is 1. The van der Waals surface area contributed by atoms with Gasteiger partial charge in [0.2, 0.25) is 9.84 Å². The van der Waals surface area contributed by atoms with Crippen molar-refractivity contribution in [3.8, 4) is 5.75 Å². The van der Waals surface area contributed by atoms with E-state index >= 15 is 0 Å². The van der Waals surface area contributed by atoms with Gasteiger partial charge in [-0.15, -0.1) is 0 Å². The highest BCUT2D eigenvalue weighted by atomic mass is 32.2. The molecule has 0 atom stereocenters. The van der Waals surface area contributed by atoms with Gasteiger partial charge in [-0.1, -0.05) is 30.3 Å². The van der Waals surface area contributed by atoms with Crippen LogP contribution in [-0.2, 0) is 19.4 Å². The highest BCUT2D eigenvalue weighted by Crippen LogP contribution is 2.41. The Morgan fingerprint density at radius 2 is 1.75 bits per heavy atom. The Bertz CT molecular complexity index is 1060. The molecule has 4 rings (SSSR count). The third-order valence-electron chi connectivity index (χ3n) is 4.80. The van der Waals surface area contributed by atoms with E-state index in [2.05, 4.69) is 5.32 Å². The lowest BCUT2D eigenvalue weighted by Crippen LogP contribution is -2.42. The van der Waals surface area contributed by atoms with E-state index in [9.17, 15) is 13.2 Å². The summed E-state index contributed by atoms with van der Waals surface area (Å²) in [6.07, 6.45) is 0. The fourth-order valence-corrected chi connectivity index (χ4v) is 5.14. The quantitative estimate of drug-likeness (QED) is 0.846. The zero-order chi connectivity index (χ0) is 19.7. The lowest BCUT2D eigenvalue weighted by atomic mass is 10.1. The zero-order valence-electron chi connectivity index (χ0n) is 15.3. The van der Waals surface area contributed by atoms with E-state index in [1.807, 2.05) is 12.1 Å². The summed E-state index contributed by atoms with van der Waals surface area (Å²) in [6.45, 7) is 1.49. The molecule has 2 aliphatic heterocycles. The smallest absolute Gasteiger partial charge is 0.268 e. The number of benzene rings is 2. The topological polar surface area (TPSA) is 84.9 Å². The van der Waals surface area contributed by atoms with E-state index in [4.69, 9.17) is 9.47 Å². The number of methoxy groups -OCH3 is 1. The van der Waals surface area contributed by atoms with Crippen molar-refractivity contribution in [2.24, 2.45) is 0 Å². The highest BCUT2D eigenvalue weighted by Gasteiger charge is 2.42. The molecule has 0 radical (unpaired) electrons. The summed E-state index contributed by atoms with van der Waals surface area (Å²) in [5.41, 5.74) is 1.33. The van der Waals surface area contributed by atoms with E-state index in [1.54, 1.807) is 30.3 Å². The van der Waals surface area contributed by atoms with Crippen molar-refractivity contribution < 1.29 is 22.7 Å². The average Bonchev–Trinajstić information content (AvgIpc) is 2.95. The minimum absolute atomic E-state index is 0.129. The number of hydrogen-bond acceptors (Lipinski definition) is 6. The molecule has 1 amide bonds. The SMILES string of the molecule is COc1ccccc1NC1=C(C(=O)N2CCOCC2)S(=O)(=O)c2ccccc21. The van der Waals surface area contributed by atoms with Gasteiger partial charge in [-0.2, -0.15) is 0 Å². The van der Waals surface area contributed by atoms with Crippen molar-refractivity contribution in [1.29, 1.82) is 0 Å². The number of amides is 1. The summed E-state index contributed by atoms with van der Waals surface area (Å²) in [7, 11) is -2.40. The molecule has 1 saturated heterocycles. The third kappa shape index (κ3) is 3.04. The first-order valence-corrected chi connectivity index (χ1v) is 10.4. The summed E-state index contributed by atoms with van der Waals surface area (Å²) in [5.74, 6) is 0.0341. The number of fused-ring (bicyclic) bond motifs is 1. The molecule has 0 aromatic heterocycles. The molecule has 8 heteroatoms. The average molecular weight is 400 g/mol. The van der Waals surface area contributed by atoms with Gasteiger partial charge in [0.25, 0.3) is 5.91 Å². The Labute approximate surface area is 163 Å². The number of hydrogen-bond donors (Lipinski definition) is 1. The van der Waals surface area contributed by atoms with Crippen LogP contribution in [0.3, 0.4) is 0 Å². The van der Waals surface area contributed by atoms with E-state index in [0.717, 1.165) is 0 Å². The number of carbonyl (C=O) groups is 1. The van der Waals surface area contributed by atoms with Crippen molar-refractivity contribution in [3.05, 3.63) is 59.0 Å². The van der Waals surface area contributed by atoms with Crippen LogP contribution in [0, 0.1) is 0 Å². The number of nitrogens with zero attached hydrogens (tertiary/aromatic N) is 1. The minimum Gasteiger partial charge on any atom is -0.495 e. The molecular weight excluding hydrogens is 380 g/mol. The number of nitrogens with one attached hydrogen (secondary N) is 1. The number of sulfone groups is 1. The van der Waals surface area contributed by atoms with E-state index in [-0.39, 0.29) is 15.5 Å². The number of ether oxygens (including phenoxy) is 2. The standard InChI is InChI=1S/C20H20N2O5S/c1-26-16-8-4-3-7-15(16)21-18-14-6-2-5-9-17(14)28(24,25)19(18)20(23)22-10-12-27-13-11-22/h2-9,21H,10-13H2,1H3. The molecule has 0 aliphatic carbocycles. The summed E-state index contributed by atoms with van der Waals surface area (Å²) < 4.78 is 37.1. The van der Waals surface area contributed by atoms with Crippen LogP contribution >= 0.6 is 0 Å². The first-order valence-electron chi connectivity index (χ1n) is 8.90. The predicted molar refractivity (Wildman–Crippen MR) is 105 cm³/mol. The minimum atomic E-state index is -3.94. The van der Waals surface area contributed by atoms with Crippen molar-refractivity contribution in [3.63, 3.8) is 0 Å². The molecule has 146 valence electrons. The van der Waals surface area contributed by atoms with E-state index in [0.29, 0.717) is 43.3 Å². The Morgan fingerprint density at radius 1 is 1.07 bits per heavy atom. The maximum atomic E-state index is 13.2. The van der Waals surface area contributed by atoms with Gasteiger partial charge in [0, 0.05) is 18.7 Å². The lowest BCUT2D eigenvalue weighted by Gasteiger charge is -2.27. The second-order valence-electron chi connectivity index (χ2n) is 6.43. The van der Waals surface area contributed by atoms with Crippen LogP contribution in [0.2, 0.25) is 0 Å². The second kappa shape index (κ2) is 7.29. The molecule has 2 heterocycles. The molecule has 2 aromatic carbocycles. The van der Waals surface area contributed by atoms with Gasteiger partial charge in [-0.3, -0.25) is 4.79 Å². The van der Waals surface area contributed by atoms with Crippen molar-refractivity contribution >= 4 is 27.1 Å². The van der Waals surface area contributed by atoms with Crippen LogP contribution in [0.25, 0.3) is 5.70 Å². The van der Waals surface area contributed by atoms with Crippen LogP contribution < -0.4 is 10.1 Å². The van der Waals surface area contributed by atoms with Gasteiger partial charge < -0.3 is 19.7 Å². The van der Waals surface area contributed by atoms with Crippen LogP contribution in [0.1, 0.15) is 5.56 Å². The highest BCUT2D eigenvalue weighted by molar-refractivity contribution is 7.97. The third-order valence-corrected chi connectivity index (χ3v) is 6.65. The van der Waals surface area contributed by atoms with E-state index in [1.165, 1.54) is 18.1 Å². The second-order valence-corrected chi connectivity index (χ2v) is 8.29. The normalized spacial score (nSPS) is 18.0. The van der Waals surface area contributed by atoms with Gasteiger partial charge in [0.1, 0.15) is 5.75 Å². The summed E-state index contributed by atoms with van der Waals surface area (Å²) in [6, 6.07) is 13.8. The molecule has 7 nitrogen and oxygen atoms in total. The molecule has 1 fully saturated rings. The maximum Gasteiger partial charge on any atom is 0.268 e. The van der Waals surface area contributed by atoms with Gasteiger partial charge in [-0.05, 0) is 18.2 Å². The molecular formula is C20H20N2O5S. The van der Waals surface area contributed by atoms with Gasteiger partial charge in [-0.25, -0.2) is 8.42 Å². The van der Waals surface area contributed by atoms with Crippen molar-refractivity contribution in [1.82, 2.24) is 4.90 Å². The van der Waals surface area contributed by atoms with Crippen LogP contribution in [0.15, 0.2) is 58.3 Å². The molecule has 0 unspecified atom stereocenters. The molecule has 28 heavy (non-hydrogen) atoms. The monoisotopic (exact) mass is 400 g/mol. The molecule has 1 N–H and O–H groups in total. The van der Waals surface area contributed by atoms with Crippen molar-refractivity contribution in [2.75, 3.05) is 38.7 Å². The molecule has 0 spiro atoms.